The van der Waals surface area contributed by atoms with E-state index in [1.54, 1.807) is 31.3 Å². The SMILES string of the molecule is CCN(Cc1ccc(OC)cc1)C(=O)c1ccoc1C. The third-order valence-corrected chi connectivity index (χ3v) is 3.29. The van der Waals surface area contributed by atoms with Gasteiger partial charge in [0.2, 0.25) is 0 Å². The molecule has 0 unspecified atom stereocenters. The Morgan fingerprint density at radius 1 is 1.25 bits per heavy atom. The van der Waals surface area contributed by atoms with Gasteiger partial charge in [0, 0.05) is 13.1 Å². The van der Waals surface area contributed by atoms with Gasteiger partial charge in [-0.2, -0.15) is 0 Å². The Kier molecular flexibility index (Phi) is 4.45. The lowest BCUT2D eigenvalue weighted by atomic mass is 10.1. The molecule has 0 aliphatic carbocycles. The van der Waals surface area contributed by atoms with Crippen LogP contribution in [0.1, 0.15) is 28.6 Å². The van der Waals surface area contributed by atoms with E-state index in [4.69, 9.17) is 9.15 Å². The van der Waals surface area contributed by atoms with Gasteiger partial charge >= 0.3 is 0 Å². The van der Waals surface area contributed by atoms with E-state index in [0.29, 0.717) is 24.4 Å². The van der Waals surface area contributed by atoms with Crippen molar-refractivity contribution in [2.75, 3.05) is 13.7 Å². The van der Waals surface area contributed by atoms with Gasteiger partial charge in [0.25, 0.3) is 5.91 Å². The van der Waals surface area contributed by atoms with Crippen molar-refractivity contribution in [2.24, 2.45) is 0 Å². The summed E-state index contributed by atoms with van der Waals surface area (Å²) in [6, 6.07) is 9.45. The number of hydrogen-bond acceptors (Lipinski definition) is 3. The lowest BCUT2D eigenvalue weighted by molar-refractivity contribution is 0.0751. The van der Waals surface area contributed by atoms with Crippen molar-refractivity contribution in [3.8, 4) is 5.75 Å². The van der Waals surface area contributed by atoms with E-state index in [0.717, 1.165) is 11.3 Å². The molecule has 2 aromatic rings. The lowest BCUT2D eigenvalue weighted by Crippen LogP contribution is -2.30. The van der Waals surface area contributed by atoms with Crippen LogP contribution >= 0.6 is 0 Å². The first-order valence-corrected chi connectivity index (χ1v) is 6.62. The van der Waals surface area contributed by atoms with E-state index < -0.39 is 0 Å². The molecule has 106 valence electrons. The molecule has 0 aliphatic heterocycles. The Bertz CT molecular complexity index is 572. The molecule has 0 N–H and O–H groups in total. The number of aryl methyl sites for hydroxylation is 1. The van der Waals surface area contributed by atoms with Crippen molar-refractivity contribution in [3.05, 3.63) is 53.5 Å². The molecule has 4 nitrogen and oxygen atoms in total. The molecule has 0 bridgehead atoms. The van der Waals surface area contributed by atoms with Crippen LogP contribution in [-0.2, 0) is 6.54 Å². The van der Waals surface area contributed by atoms with Gasteiger partial charge in [-0.1, -0.05) is 12.1 Å². The van der Waals surface area contributed by atoms with Crippen LogP contribution in [0.4, 0.5) is 0 Å². The topological polar surface area (TPSA) is 42.7 Å². The highest BCUT2D eigenvalue weighted by atomic mass is 16.5. The molecule has 2 rings (SSSR count). The van der Waals surface area contributed by atoms with Gasteiger partial charge in [-0.05, 0) is 37.6 Å². The highest BCUT2D eigenvalue weighted by Gasteiger charge is 2.18. The summed E-state index contributed by atoms with van der Waals surface area (Å²) < 4.78 is 10.3. The second kappa shape index (κ2) is 6.28. The Balaban J connectivity index is 2.12. The number of ether oxygens (including phenoxy) is 1. The maximum absolute atomic E-state index is 12.4. The average molecular weight is 273 g/mol. The third kappa shape index (κ3) is 3.02. The molecule has 0 fully saturated rings. The van der Waals surface area contributed by atoms with Gasteiger partial charge in [0.1, 0.15) is 11.5 Å². The number of hydrogen-bond donors (Lipinski definition) is 0. The molecule has 0 atom stereocenters. The van der Waals surface area contributed by atoms with Crippen LogP contribution in [0, 0.1) is 6.92 Å². The number of carbonyl (C=O) groups excluding carboxylic acids is 1. The van der Waals surface area contributed by atoms with Crippen molar-refractivity contribution < 1.29 is 13.9 Å². The van der Waals surface area contributed by atoms with Crippen LogP contribution in [-0.4, -0.2) is 24.5 Å². The summed E-state index contributed by atoms with van der Waals surface area (Å²) in [5.41, 5.74) is 1.70. The van der Waals surface area contributed by atoms with E-state index >= 15 is 0 Å². The summed E-state index contributed by atoms with van der Waals surface area (Å²) in [6.07, 6.45) is 1.55. The zero-order valence-electron chi connectivity index (χ0n) is 12.1. The second-order valence-corrected chi connectivity index (χ2v) is 4.56. The molecule has 4 heteroatoms. The fraction of sp³-hybridized carbons (Fsp3) is 0.312. The molecule has 0 saturated heterocycles. The van der Waals surface area contributed by atoms with Crippen LogP contribution in [0.15, 0.2) is 41.0 Å². The molecule has 1 aromatic heterocycles. The standard InChI is InChI=1S/C16H19NO3/c1-4-17(16(18)15-9-10-20-12(15)2)11-13-5-7-14(19-3)8-6-13/h5-10H,4,11H2,1-3H3. The lowest BCUT2D eigenvalue weighted by Gasteiger charge is -2.20. The molecule has 20 heavy (non-hydrogen) atoms. The monoisotopic (exact) mass is 273 g/mol. The van der Waals surface area contributed by atoms with Crippen LogP contribution in [0.25, 0.3) is 0 Å². The maximum atomic E-state index is 12.4. The van der Waals surface area contributed by atoms with Gasteiger partial charge in [-0.15, -0.1) is 0 Å². The van der Waals surface area contributed by atoms with Gasteiger partial charge in [-0.25, -0.2) is 0 Å². The summed E-state index contributed by atoms with van der Waals surface area (Å²) in [4.78, 5) is 14.2. The molecular weight excluding hydrogens is 254 g/mol. The van der Waals surface area contributed by atoms with E-state index in [1.807, 2.05) is 31.2 Å². The van der Waals surface area contributed by atoms with Crippen molar-refractivity contribution >= 4 is 5.91 Å². The fourth-order valence-corrected chi connectivity index (χ4v) is 2.06. The molecular formula is C16H19NO3. The van der Waals surface area contributed by atoms with Crippen molar-refractivity contribution in [1.29, 1.82) is 0 Å². The minimum absolute atomic E-state index is 0.00503. The quantitative estimate of drug-likeness (QED) is 0.839. The number of rotatable bonds is 5. The normalized spacial score (nSPS) is 10.3. The van der Waals surface area contributed by atoms with Gasteiger partial charge in [0.05, 0.1) is 18.9 Å². The number of carbonyl (C=O) groups is 1. The molecule has 1 amide bonds. The van der Waals surface area contributed by atoms with Crippen molar-refractivity contribution in [2.45, 2.75) is 20.4 Å². The number of nitrogens with zero attached hydrogens (tertiary/aromatic N) is 1. The summed E-state index contributed by atoms with van der Waals surface area (Å²) in [6.45, 7) is 4.99. The van der Waals surface area contributed by atoms with Gasteiger partial charge in [0.15, 0.2) is 0 Å². The maximum Gasteiger partial charge on any atom is 0.257 e. The first kappa shape index (κ1) is 14.2. The Morgan fingerprint density at radius 2 is 1.95 bits per heavy atom. The highest BCUT2D eigenvalue weighted by molar-refractivity contribution is 5.95. The number of amides is 1. The number of methoxy groups -OCH3 is 1. The predicted molar refractivity (Wildman–Crippen MR) is 76.9 cm³/mol. The van der Waals surface area contributed by atoms with E-state index in [9.17, 15) is 4.79 Å². The Morgan fingerprint density at radius 3 is 2.45 bits per heavy atom. The minimum atomic E-state index is -0.00503. The van der Waals surface area contributed by atoms with Crippen LogP contribution in [0.3, 0.4) is 0 Å². The van der Waals surface area contributed by atoms with Crippen LogP contribution < -0.4 is 4.74 Å². The van der Waals surface area contributed by atoms with E-state index in [1.165, 1.54) is 0 Å². The second-order valence-electron chi connectivity index (χ2n) is 4.56. The van der Waals surface area contributed by atoms with Crippen molar-refractivity contribution in [1.82, 2.24) is 4.90 Å². The average Bonchev–Trinajstić information content (AvgIpc) is 2.91. The third-order valence-electron chi connectivity index (χ3n) is 3.29. The molecule has 0 aliphatic rings. The predicted octanol–water partition coefficient (Wildman–Crippen LogP) is 3.26. The molecule has 1 heterocycles. The summed E-state index contributed by atoms with van der Waals surface area (Å²) >= 11 is 0. The van der Waals surface area contributed by atoms with E-state index in [-0.39, 0.29) is 5.91 Å². The largest absolute Gasteiger partial charge is 0.497 e. The fourth-order valence-electron chi connectivity index (χ4n) is 2.06. The first-order valence-electron chi connectivity index (χ1n) is 6.62. The molecule has 0 spiro atoms. The minimum Gasteiger partial charge on any atom is -0.497 e. The zero-order valence-corrected chi connectivity index (χ0v) is 12.1. The molecule has 1 aromatic carbocycles. The summed E-state index contributed by atoms with van der Waals surface area (Å²) in [7, 11) is 1.64. The molecule has 0 saturated carbocycles. The summed E-state index contributed by atoms with van der Waals surface area (Å²) in [5, 5.41) is 0. The van der Waals surface area contributed by atoms with Gasteiger partial charge in [-0.3, -0.25) is 4.79 Å². The zero-order chi connectivity index (χ0) is 14.5. The Labute approximate surface area is 119 Å². The molecule has 0 radical (unpaired) electrons. The first-order chi connectivity index (χ1) is 9.65. The van der Waals surface area contributed by atoms with Crippen LogP contribution in [0.2, 0.25) is 0 Å². The smallest absolute Gasteiger partial charge is 0.257 e. The Hall–Kier alpha value is -2.23. The van der Waals surface area contributed by atoms with E-state index in [2.05, 4.69) is 0 Å². The van der Waals surface area contributed by atoms with Gasteiger partial charge < -0.3 is 14.1 Å². The summed E-state index contributed by atoms with van der Waals surface area (Å²) in [5.74, 6) is 1.46. The number of furan rings is 1. The van der Waals surface area contributed by atoms with Crippen molar-refractivity contribution in [3.63, 3.8) is 0 Å². The highest BCUT2D eigenvalue weighted by Crippen LogP contribution is 2.16. The number of benzene rings is 1. The van der Waals surface area contributed by atoms with Crippen LogP contribution in [0.5, 0.6) is 5.75 Å².